The van der Waals surface area contributed by atoms with Gasteiger partial charge in [-0.2, -0.15) is 0 Å². The van der Waals surface area contributed by atoms with Crippen LogP contribution in [-0.2, 0) is 0 Å². The van der Waals surface area contributed by atoms with Gasteiger partial charge in [-0.15, -0.1) is 0 Å². The van der Waals surface area contributed by atoms with Crippen molar-refractivity contribution in [2.24, 2.45) is 0 Å². The van der Waals surface area contributed by atoms with Gasteiger partial charge in [0.2, 0.25) is 0 Å². The number of aryl methyl sites for hydroxylation is 1. The summed E-state index contributed by atoms with van der Waals surface area (Å²) < 4.78 is 0. The Hall–Kier alpha value is -1.12. The first-order valence-corrected chi connectivity index (χ1v) is 4.74. The number of nitrogen functional groups attached to an aromatic ring is 1. The zero-order chi connectivity index (χ0) is 9.84. The molecule has 0 spiro atoms. The van der Waals surface area contributed by atoms with E-state index in [1.807, 2.05) is 6.92 Å². The summed E-state index contributed by atoms with van der Waals surface area (Å²) in [4.78, 5) is 8.58. The van der Waals surface area contributed by atoms with Crippen LogP contribution < -0.4 is 5.73 Å². The number of rotatable bonds is 3. The Balaban J connectivity index is 2.87. The molecule has 0 amide bonds. The molecule has 1 heterocycles. The van der Waals surface area contributed by atoms with Crippen LogP contribution in [0.2, 0.25) is 0 Å². The number of hydrogen-bond donors (Lipinski definition) is 1. The lowest BCUT2D eigenvalue weighted by Crippen LogP contribution is -2.04. The fraction of sp³-hybridized carbons (Fsp3) is 0.600. The van der Waals surface area contributed by atoms with E-state index in [1.54, 1.807) is 6.07 Å². The van der Waals surface area contributed by atoms with Crippen molar-refractivity contribution in [1.29, 1.82) is 0 Å². The highest BCUT2D eigenvalue weighted by molar-refractivity contribution is 5.29. The van der Waals surface area contributed by atoms with Crippen molar-refractivity contribution in [3.05, 3.63) is 17.6 Å². The largest absolute Gasteiger partial charge is 0.384 e. The van der Waals surface area contributed by atoms with Crippen molar-refractivity contribution in [3.8, 4) is 0 Å². The number of hydrogen-bond acceptors (Lipinski definition) is 3. The smallest absolute Gasteiger partial charge is 0.133 e. The zero-order valence-electron chi connectivity index (χ0n) is 8.54. The van der Waals surface area contributed by atoms with Gasteiger partial charge in [-0.05, 0) is 13.3 Å². The topological polar surface area (TPSA) is 51.8 Å². The van der Waals surface area contributed by atoms with E-state index >= 15 is 0 Å². The summed E-state index contributed by atoms with van der Waals surface area (Å²) in [7, 11) is 0. The predicted octanol–water partition coefficient (Wildman–Crippen LogP) is 2.27. The number of nitrogens with two attached hydrogens (primary N) is 1. The highest BCUT2D eigenvalue weighted by atomic mass is 14.9. The summed E-state index contributed by atoms with van der Waals surface area (Å²) in [5.41, 5.74) is 6.59. The molecular formula is C10H17N3. The molecule has 1 aromatic heterocycles. The molecule has 0 fully saturated rings. The third-order valence-corrected chi connectivity index (χ3v) is 2.05. The molecule has 0 aromatic carbocycles. The molecule has 2 N–H and O–H groups in total. The van der Waals surface area contributed by atoms with E-state index < -0.39 is 0 Å². The molecule has 13 heavy (non-hydrogen) atoms. The maximum absolute atomic E-state index is 5.64. The Labute approximate surface area is 79.4 Å². The Bertz CT molecular complexity index is 263. The van der Waals surface area contributed by atoms with Crippen LogP contribution in [0.1, 0.15) is 44.1 Å². The minimum atomic E-state index is 0.409. The predicted molar refractivity (Wildman–Crippen MR) is 54.5 cm³/mol. The van der Waals surface area contributed by atoms with Gasteiger partial charge in [0.15, 0.2) is 0 Å². The first-order chi connectivity index (χ1) is 6.13. The Morgan fingerprint density at radius 3 is 2.69 bits per heavy atom. The average Bonchev–Trinajstić information content (AvgIpc) is 2.03. The summed E-state index contributed by atoms with van der Waals surface area (Å²) in [6.45, 7) is 6.24. The van der Waals surface area contributed by atoms with E-state index in [2.05, 4.69) is 23.8 Å². The first kappa shape index (κ1) is 9.96. The van der Waals surface area contributed by atoms with Gasteiger partial charge < -0.3 is 5.73 Å². The van der Waals surface area contributed by atoms with E-state index in [-0.39, 0.29) is 0 Å². The molecular weight excluding hydrogens is 162 g/mol. The van der Waals surface area contributed by atoms with Gasteiger partial charge in [-0.25, -0.2) is 9.97 Å². The highest BCUT2D eigenvalue weighted by Gasteiger charge is 2.08. The summed E-state index contributed by atoms with van der Waals surface area (Å²) >= 11 is 0. The molecule has 3 nitrogen and oxygen atoms in total. The second-order valence-corrected chi connectivity index (χ2v) is 3.48. The number of anilines is 1. The molecule has 72 valence electrons. The SMILES string of the molecule is CCCC(C)c1nc(C)cc(N)n1. The molecule has 0 saturated heterocycles. The van der Waals surface area contributed by atoms with E-state index in [9.17, 15) is 0 Å². The van der Waals surface area contributed by atoms with Crippen LogP contribution in [0.15, 0.2) is 6.07 Å². The maximum Gasteiger partial charge on any atom is 0.133 e. The van der Waals surface area contributed by atoms with Gasteiger partial charge in [-0.3, -0.25) is 0 Å². The van der Waals surface area contributed by atoms with Crippen molar-refractivity contribution in [2.45, 2.75) is 39.5 Å². The van der Waals surface area contributed by atoms with Crippen molar-refractivity contribution >= 4 is 5.82 Å². The standard InChI is InChI=1S/C10H17N3/c1-4-5-7(2)10-12-8(3)6-9(11)13-10/h6-7H,4-5H2,1-3H3,(H2,11,12,13). The van der Waals surface area contributed by atoms with Crippen molar-refractivity contribution < 1.29 is 0 Å². The van der Waals surface area contributed by atoms with Gasteiger partial charge in [0.25, 0.3) is 0 Å². The van der Waals surface area contributed by atoms with Gasteiger partial charge in [0.1, 0.15) is 11.6 Å². The van der Waals surface area contributed by atoms with E-state index in [0.717, 1.165) is 24.4 Å². The quantitative estimate of drug-likeness (QED) is 0.774. The lowest BCUT2D eigenvalue weighted by Gasteiger charge is -2.09. The maximum atomic E-state index is 5.64. The molecule has 1 rings (SSSR count). The molecule has 0 aliphatic carbocycles. The Morgan fingerprint density at radius 1 is 1.46 bits per heavy atom. The average molecular weight is 179 g/mol. The highest BCUT2D eigenvalue weighted by Crippen LogP contribution is 2.17. The Kier molecular flexibility index (Phi) is 3.23. The third-order valence-electron chi connectivity index (χ3n) is 2.05. The van der Waals surface area contributed by atoms with Gasteiger partial charge >= 0.3 is 0 Å². The summed E-state index contributed by atoms with van der Waals surface area (Å²) in [6, 6.07) is 1.79. The number of aromatic nitrogens is 2. The van der Waals surface area contributed by atoms with Crippen LogP contribution in [-0.4, -0.2) is 9.97 Å². The lowest BCUT2D eigenvalue weighted by atomic mass is 10.1. The van der Waals surface area contributed by atoms with Crippen LogP contribution in [0.25, 0.3) is 0 Å². The van der Waals surface area contributed by atoms with E-state index in [0.29, 0.717) is 11.7 Å². The van der Waals surface area contributed by atoms with Gasteiger partial charge in [0, 0.05) is 17.7 Å². The Morgan fingerprint density at radius 2 is 2.15 bits per heavy atom. The minimum absolute atomic E-state index is 0.409. The van der Waals surface area contributed by atoms with Crippen LogP contribution in [0.3, 0.4) is 0 Å². The van der Waals surface area contributed by atoms with Crippen LogP contribution in [0.4, 0.5) is 5.82 Å². The van der Waals surface area contributed by atoms with Crippen LogP contribution >= 0.6 is 0 Å². The lowest BCUT2D eigenvalue weighted by molar-refractivity contribution is 0.625. The molecule has 3 heteroatoms. The molecule has 0 saturated carbocycles. The summed E-state index contributed by atoms with van der Waals surface area (Å²) in [5.74, 6) is 1.86. The second kappa shape index (κ2) is 4.21. The van der Waals surface area contributed by atoms with Gasteiger partial charge in [0.05, 0.1) is 0 Å². The normalized spacial score (nSPS) is 12.8. The molecule has 0 radical (unpaired) electrons. The summed E-state index contributed by atoms with van der Waals surface area (Å²) in [5, 5.41) is 0. The summed E-state index contributed by atoms with van der Waals surface area (Å²) in [6.07, 6.45) is 2.27. The third kappa shape index (κ3) is 2.68. The van der Waals surface area contributed by atoms with Gasteiger partial charge in [-0.1, -0.05) is 20.3 Å². The molecule has 0 aliphatic heterocycles. The number of nitrogens with zero attached hydrogens (tertiary/aromatic N) is 2. The molecule has 0 bridgehead atoms. The van der Waals surface area contributed by atoms with E-state index in [4.69, 9.17) is 5.73 Å². The van der Waals surface area contributed by atoms with Crippen LogP contribution in [0.5, 0.6) is 0 Å². The first-order valence-electron chi connectivity index (χ1n) is 4.74. The fourth-order valence-electron chi connectivity index (χ4n) is 1.40. The molecule has 1 atom stereocenters. The van der Waals surface area contributed by atoms with Crippen molar-refractivity contribution in [2.75, 3.05) is 5.73 Å². The molecule has 1 unspecified atom stereocenters. The zero-order valence-corrected chi connectivity index (χ0v) is 8.54. The minimum Gasteiger partial charge on any atom is -0.384 e. The molecule has 0 aliphatic rings. The van der Waals surface area contributed by atoms with E-state index in [1.165, 1.54) is 0 Å². The van der Waals surface area contributed by atoms with Crippen molar-refractivity contribution in [1.82, 2.24) is 9.97 Å². The second-order valence-electron chi connectivity index (χ2n) is 3.48. The monoisotopic (exact) mass is 179 g/mol. The van der Waals surface area contributed by atoms with Crippen LogP contribution in [0, 0.1) is 6.92 Å². The molecule has 1 aromatic rings. The fourth-order valence-corrected chi connectivity index (χ4v) is 1.40. The van der Waals surface area contributed by atoms with Crippen molar-refractivity contribution in [3.63, 3.8) is 0 Å².